The molecule has 212 valence electrons. The van der Waals surface area contributed by atoms with Gasteiger partial charge in [-0.3, -0.25) is 19.3 Å². The molecule has 1 amide bonds. The Morgan fingerprint density at radius 2 is 1.77 bits per heavy atom. The summed E-state index contributed by atoms with van der Waals surface area (Å²) in [6.45, 7) is 5.53. The van der Waals surface area contributed by atoms with Crippen molar-refractivity contribution in [3.63, 3.8) is 0 Å². The SMILES string of the molecule is CCCC(C)(C)NC(=O)C1=C(O)[C@H](N(C)C)[C@H]2C[C@H]3Cc4c(N(C)C)ccc(O)c4C(=O)C3=C(O)[C@@]2(O)C1=O. The quantitative estimate of drug-likeness (QED) is 0.342. The number of phenols is 1. The number of rotatable bonds is 6. The Hall–Kier alpha value is -3.37. The lowest BCUT2D eigenvalue weighted by Crippen LogP contribution is -2.64. The number of hydrogen-bond acceptors (Lipinski definition) is 9. The van der Waals surface area contributed by atoms with Crippen molar-refractivity contribution >= 4 is 23.2 Å². The molecule has 4 rings (SSSR count). The molecule has 1 aromatic rings. The second-order valence-electron chi connectivity index (χ2n) is 12.0. The second-order valence-corrected chi connectivity index (χ2v) is 12.0. The zero-order valence-corrected chi connectivity index (χ0v) is 23.6. The summed E-state index contributed by atoms with van der Waals surface area (Å²) in [6, 6.07) is 2.13. The van der Waals surface area contributed by atoms with Crippen LogP contribution in [0.1, 0.15) is 56.0 Å². The molecule has 0 radical (unpaired) electrons. The molecule has 0 aromatic heterocycles. The lowest BCUT2D eigenvalue weighted by Gasteiger charge is -2.50. The van der Waals surface area contributed by atoms with Crippen LogP contribution in [-0.4, -0.2) is 88.2 Å². The van der Waals surface area contributed by atoms with Gasteiger partial charge in [0, 0.05) is 36.8 Å². The fourth-order valence-corrected chi connectivity index (χ4v) is 6.69. The lowest BCUT2D eigenvalue weighted by molar-refractivity contribution is -0.149. The average molecular weight is 542 g/mol. The number of anilines is 1. The molecule has 0 saturated heterocycles. The summed E-state index contributed by atoms with van der Waals surface area (Å²) >= 11 is 0. The molecule has 10 heteroatoms. The Kier molecular flexibility index (Phi) is 7.10. The van der Waals surface area contributed by atoms with Crippen LogP contribution < -0.4 is 10.2 Å². The Morgan fingerprint density at radius 3 is 2.33 bits per heavy atom. The highest BCUT2D eigenvalue weighted by molar-refractivity contribution is 6.25. The Labute approximate surface area is 228 Å². The molecule has 0 bridgehead atoms. The molecule has 3 aliphatic carbocycles. The maximum atomic E-state index is 13.9. The first kappa shape index (κ1) is 28.6. The van der Waals surface area contributed by atoms with Gasteiger partial charge in [0.2, 0.25) is 5.78 Å². The van der Waals surface area contributed by atoms with Crippen molar-refractivity contribution in [2.45, 2.75) is 63.6 Å². The zero-order chi connectivity index (χ0) is 29.2. The van der Waals surface area contributed by atoms with E-state index in [2.05, 4.69) is 5.32 Å². The number of allylic oxidation sites excluding steroid dienone is 1. The van der Waals surface area contributed by atoms with Gasteiger partial charge < -0.3 is 30.6 Å². The molecule has 0 saturated carbocycles. The first-order valence-corrected chi connectivity index (χ1v) is 13.3. The molecular weight excluding hydrogens is 502 g/mol. The summed E-state index contributed by atoms with van der Waals surface area (Å²) in [5.74, 6) is -5.86. The van der Waals surface area contributed by atoms with Crippen molar-refractivity contribution in [3.8, 4) is 5.75 Å². The molecule has 1 aromatic carbocycles. The Bertz CT molecular complexity index is 1310. The molecule has 0 aliphatic heterocycles. The van der Waals surface area contributed by atoms with Gasteiger partial charge in [-0.25, -0.2) is 0 Å². The minimum atomic E-state index is -2.61. The monoisotopic (exact) mass is 541 g/mol. The summed E-state index contributed by atoms with van der Waals surface area (Å²) in [5, 5.41) is 48.2. The number of likely N-dealkylation sites (N-methyl/N-ethyl adjacent to an activating group) is 1. The number of phenolic OH excluding ortho intramolecular Hbond substituents is 1. The van der Waals surface area contributed by atoms with Crippen molar-refractivity contribution in [1.82, 2.24) is 10.2 Å². The maximum absolute atomic E-state index is 13.9. The van der Waals surface area contributed by atoms with Crippen LogP contribution in [0.2, 0.25) is 0 Å². The van der Waals surface area contributed by atoms with Gasteiger partial charge >= 0.3 is 0 Å². The van der Waals surface area contributed by atoms with Crippen LogP contribution in [0.5, 0.6) is 5.75 Å². The fourth-order valence-electron chi connectivity index (χ4n) is 6.69. The number of nitrogens with zero attached hydrogens (tertiary/aromatic N) is 2. The smallest absolute Gasteiger partial charge is 0.258 e. The number of fused-ring (bicyclic) bond motifs is 3. The highest BCUT2D eigenvalue weighted by Crippen LogP contribution is 2.53. The van der Waals surface area contributed by atoms with Crippen LogP contribution in [0.15, 0.2) is 34.8 Å². The predicted octanol–water partition coefficient (Wildman–Crippen LogP) is 2.40. The fraction of sp³-hybridized carbons (Fsp3) is 0.552. The summed E-state index contributed by atoms with van der Waals surface area (Å²) in [4.78, 5) is 44.4. The van der Waals surface area contributed by atoms with Gasteiger partial charge in [-0.2, -0.15) is 0 Å². The van der Waals surface area contributed by atoms with Gasteiger partial charge in [0.05, 0.1) is 11.6 Å². The minimum absolute atomic E-state index is 0.0196. The van der Waals surface area contributed by atoms with Crippen LogP contribution in [0.4, 0.5) is 5.69 Å². The van der Waals surface area contributed by atoms with E-state index in [0.29, 0.717) is 12.0 Å². The lowest BCUT2D eigenvalue weighted by atomic mass is 9.58. The van der Waals surface area contributed by atoms with Gasteiger partial charge in [0.1, 0.15) is 22.8 Å². The van der Waals surface area contributed by atoms with Gasteiger partial charge in [-0.15, -0.1) is 0 Å². The number of benzene rings is 1. The number of carbonyl (C=O) groups is 3. The molecule has 0 heterocycles. The standard InChI is InChI=1S/C29H39N3O7/c1-8-11-28(2,3)30-27(38)21-24(35)22(32(6)7)16-13-14-12-15-17(31(4)5)9-10-18(33)20(15)23(34)19(14)25(36)29(16,39)26(21)37/h9-10,14,16,22,33,35-36,39H,8,11-13H2,1-7H3,(H,30,38)/t14-,16-,22-,29-/m1/s1. The van der Waals surface area contributed by atoms with E-state index in [4.69, 9.17) is 0 Å². The molecule has 0 unspecified atom stereocenters. The molecule has 3 aliphatic rings. The highest BCUT2D eigenvalue weighted by atomic mass is 16.3. The van der Waals surface area contributed by atoms with Crippen molar-refractivity contribution in [2.75, 3.05) is 33.1 Å². The van der Waals surface area contributed by atoms with Crippen molar-refractivity contribution in [1.29, 1.82) is 0 Å². The maximum Gasteiger partial charge on any atom is 0.258 e. The van der Waals surface area contributed by atoms with E-state index in [1.807, 2.05) is 25.9 Å². The first-order valence-electron chi connectivity index (χ1n) is 13.3. The summed E-state index contributed by atoms with van der Waals surface area (Å²) in [7, 11) is 6.93. The van der Waals surface area contributed by atoms with Crippen LogP contribution >= 0.6 is 0 Å². The molecule has 5 N–H and O–H groups in total. The number of carbonyl (C=O) groups excluding carboxylic acids is 3. The Morgan fingerprint density at radius 1 is 1.13 bits per heavy atom. The highest BCUT2D eigenvalue weighted by Gasteiger charge is 2.63. The minimum Gasteiger partial charge on any atom is -0.510 e. The van der Waals surface area contributed by atoms with E-state index in [1.54, 1.807) is 38.9 Å². The van der Waals surface area contributed by atoms with Crippen LogP contribution in [0, 0.1) is 11.8 Å². The number of aromatic hydroxyl groups is 1. The van der Waals surface area contributed by atoms with Crippen LogP contribution in [-0.2, 0) is 16.0 Å². The normalized spacial score (nSPS) is 26.8. The van der Waals surface area contributed by atoms with Crippen molar-refractivity contribution in [2.24, 2.45) is 11.8 Å². The van der Waals surface area contributed by atoms with Gasteiger partial charge in [0.25, 0.3) is 5.91 Å². The van der Waals surface area contributed by atoms with E-state index >= 15 is 0 Å². The van der Waals surface area contributed by atoms with Gasteiger partial charge in [0.15, 0.2) is 11.4 Å². The zero-order valence-electron chi connectivity index (χ0n) is 23.6. The number of aliphatic hydroxyl groups is 3. The van der Waals surface area contributed by atoms with Crippen LogP contribution in [0.25, 0.3) is 0 Å². The van der Waals surface area contributed by atoms with E-state index in [0.717, 1.165) is 12.1 Å². The summed E-state index contributed by atoms with van der Waals surface area (Å²) in [5.41, 5.74) is -2.74. The van der Waals surface area contributed by atoms with Crippen molar-refractivity contribution in [3.05, 3.63) is 45.9 Å². The number of ketones is 2. The predicted molar refractivity (Wildman–Crippen MR) is 146 cm³/mol. The number of aliphatic hydroxyl groups excluding tert-OH is 2. The third kappa shape index (κ3) is 4.30. The molecule has 4 atom stereocenters. The summed E-state index contributed by atoms with van der Waals surface area (Å²) in [6.07, 6.45) is 1.72. The van der Waals surface area contributed by atoms with E-state index in [9.17, 15) is 34.8 Å². The largest absolute Gasteiger partial charge is 0.510 e. The van der Waals surface area contributed by atoms with Gasteiger partial charge in [-0.1, -0.05) is 13.3 Å². The average Bonchev–Trinajstić information content (AvgIpc) is 2.80. The van der Waals surface area contributed by atoms with Crippen molar-refractivity contribution < 1.29 is 34.8 Å². The molecule has 10 nitrogen and oxygen atoms in total. The Balaban J connectivity index is 1.89. The third-order valence-corrected chi connectivity index (χ3v) is 8.37. The molecule has 0 spiro atoms. The molecule has 0 fully saturated rings. The van der Waals surface area contributed by atoms with E-state index in [1.165, 1.54) is 6.07 Å². The third-order valence-electron chi connectivity index (χ3n) is 8.37. The number of hydrogen-bond donors (Lipinski definition) is 5. The van der Waals surface area contributed by atoms with E-state index in [-0.39, 0.29) is 29.7 Å². The number of amides is 1. The number of nitrogens with one attached hydrogen (secondary N) is 1. The van der Waals surface area contributed by atoms with Crippen LogP contribution in [0.3, 0.4) is 0 Å². The second kappa shape index (κ2) is 9.67. The number of Topliss-reactive ketones (excluding diaryl/α,β-unsaturated/α-hetero) is 2. The molecular formula is C29H39N3O7. The summed E-state index contributed by atoms with van der Waals surface area (Å²) < 4.78 is 0. The van der Waals surface area contributed by atoms with E-state index < -0.39 is 63.6 Å². The first-order chi connectivity index (χ1) is 18.1. The topological polar surface area (TPSA) is 151 Å². The molecule has 39 heavy (non-hydrogen) atoms. The van der Waals surface area contributed by atoms with Gasteiger partial charge in [-0.05, 0) is 70.8 Å².